The zero-order valence-corrected chi connectivity index (χ0v) is 15.9. The van der Waals surface area contributed by atoms with Crippen LogP contribution in [0, 0.1) is 13.8 Å². The van der Waals surface area contributed by atoms with Gasteiger partial charge in [0.05, 0.1) is 18.5 Å². The number of aromatic nitrogens is 2. The highest BCUT2D eigenvalue weighted by Gasteiger charge is 2.08. The Bertz CT molecular complexity index is 898. The van der Waals surface area contributed by atoms with E-state index < -0.39 is 0 Å². The third-order valence-electron chi connectivity index (χ3n) is 3.59. The van der Waals surface area contributed by atoms with Crippen LogP contribution in [0.1, 0.15) is 11.3 Å². The number of aryl methyl sites for hydroxylation is 2. The average Bonchev–Trinajstić information content (AvgIpc) is 2.57. The summed E-state index contributed by atoms with van der Waals surface area (Å²) in [4.78, 5) is 9.01. The molecule has 0 atom stereocenters. The van der Waals surface area contributed by atoms with Crippen molar-refractivity contribution in [1.82, 2.24) is 9.97 Å². The Labute approximate surface area is 155 Å². The summed E-state index contributed by atoms with van der Waals surface area (Å²) >= 11 is 3.58. The molecule has 3 rings (SSSR count). The van der Waals surface area contributed by atoms with E-state index in [4.69, 9.17) is 4.74 Å². The quantitative estimate of drug-likeness (QED) is 0.606. The molecule has 2 N–H and O–H groups in total. The maximum Gasteiger partial charge on any atom is 0.229 e. The molecule has 0 aliphatic carbocycles. The first kappa shape index (κ1) is 17.2. The lowest BCUT2D eigenvalue weighted by atomic mass is 10.2. The van der Waals surface area contributed by atoms with Crippen molar-refractivity contribution in [2.24, 2.45) is 0 Å². The number of para-hydroxylation sites is 2. The number of methoxy groups -OCH3 is 1. The van der Waals surface area contributed by atoms with Crippen LogP contribution in [0.25, 0.3) is 0 Å². The van der Waals surface area contributed by atoms with Gasteiger partial charge in [0.15, 0.2) is 0 Å². The van der Waals surface area contributed by atoms with Crippen molar-refractivity contribution in [1.29, 1.82) is 0 Å². The summed E-state index contributed by atoms with van der Waals surface area (Å²) in [6, 6.07) is 15.7. The lowest BCUT2D eigenvalue weighted by molar-refractivity contribution is 0.417. The Morgan fingerprint density at radius 1 is 0.920 bits per heavy atom. The average molecular weight is 399 g/mol. The molecule has 0 spiro atoms. The molecule has 1 heterocycles. The van der Waals surface area contributed by atoms with E-state index in [1.54, 1.807) is 7.11 Å². The Kier molecular flexibility index (Phi) is 5.19. The first-order valence-corrected chi connectivity index (χ1v) is 8.63. The summed E-state index contributed by atoms with van der Waals surface area (Å²) in [6.07, 6.45) is 0. The molecule has 0 radical (unpaired) electrons. The summed E-state index contributed by atoms with van der Waals surface area (Å²) in [7, 11) is 1.64. The Balaban J connectivity index is 1.87. The first-order chi connectivity index (χ1) is 12.0. The number of nitrogens with zero attached hydrogens (tertiary/aromatic N) is 2. The van der Waals surface area contributed by atoms with E-state index in [0.29, 0.717) is 5.95 Å². The lowest BCUT2D eigenvalue weighted by Crippen LogP contribution is -2.03. The van der Waals surface area contributed by atoms with Gasteiger partial charge < -0.3 is 15.4 Å². The van der Waals surface area contributed by atoms with Crippen LogP contribution in [-0.2, 0) is 0 Å². The van der Waals surface area contributed by atoms with Crippen molar-refractivity contribution < 1.29 is 4.74 Å². The normalized spacial score (nSPS) is 10.4. The monoisotopic (exact) mass is 398 g/mol. The Morgan fingerprint density at radius 3 is 2.48 bits per heavy atom. The van der Waals surface area contributed by atoms with Crippen LogP contribution in [0.15, 0.2) is 53.0 Å². The summed E-state index contributed by atoms with van der Waals surface area (Å²) in [5.41, 5.74) is 3.82. The summed E-state index contributed by atoms with van der Waals surface area (Å²) in [6.45, 7) is 3.99. The minimum absolute atomic E-state index is 0.509. The van der Waals surface area contributed by atoms with E-state index in [1.165, 1.54) is 5.56 Å². The minimum atomic E-state index is 0.509. The summed E-state index contributed by atoms with van der Waals surface area (Å²) < 4.78 is 6.35. The minimum Gasteiger partial charge on any atom is -0.495 e. The van der Waals surface area contributed by atoms with E-state index in [9.17, 15) is 0 Å². The van der Waals surface area contributed by atoms with Crippen LogP contribution in [0.4, 0.5) is 23.1 Å². The fourth-order valence-corrected chi connectivity index (χ4v) is 3.01. The van der Waals surface area contributed by atoms with Crippen molar-refractivity contribution in [3.05, 3.63) is 64.3 Å². The molecule has 6 heteroatoms. The second kappa shape index (κ2) is 7.53. The van der Waals surface area contributed by atoms with Gasteiger partial charge in [0, 0.05) is 16.2 Å². The Hall–Kier alpha value is -2.60. The molecular weight excluding hydrogens is 380 g/mol. The predicted molar refractivity (Wildman–Crippen MR) is 105 cm³/mol. The van der Waals surface area contributed by atoms with Crippen LogP contribution in [0.3, 0.4) is 0 Å². The molecule has 0 aliphatic rings. The second-order valence-corrected chi connectivity index (χ2v) is 6.51. The van der Waals surface area contributed by atoms with E-state index in [-0.39, 0.29) is 0 Å². The number of anilines is 4. The third-order valence-corrected chi connectivity index (χ3v) is 4.25. The van der Waals surface area contributed by atoms with Gasteiger partial charge >= 0.3 is 0 Å². The maximum atomic E-state index is 5.36. The zero-order chi connectivity index (χ0) is 17.8. The highest BCUT2D eigenvalue weighted by molar-refractivity contribution is 9.10. The summed E-state index contributed by atoms with van der Waals surface area (Å²) in [5.74, 6) is 1.97. The maximum absolute atomic E-state index is 5.36. The van der Waals surface area contributed by atoms with Gasteiger partial charge in [-0.3, -0.25) is 0 Å². The topological polar surface area (TPSA) is 59.1 Å². The van der Waals surface area contributed by atoms with E-state index >= 15 is 0 Å². The van der Waals surface area contributed by atoms with Crippen molar-refractivity contribution in [3.8, 4) is 5.75 Å². The molecule has 0 saturated carbocycles. The summed E-state index contributed by atoms with van der Waals surface area (Å²) in [5, 5.41) is 6.54. The van der Waals surface area contributed by atoms with E-state index in [0.717, 1.165) is 33.1 Å². The molecule has 0 aliphatic heterocycles. The highest BCUT2D eigenvalue weighted by Crippen LogP contribution is 2.28. The number of benzene rings is 2. The number of hydrogen-bond acceptors (Lipinski definition) is 5. The SMILES string of the molecule is COc1ccccc1Nc1nc(C)cc(Nc2ccc(C)cc2Br)n1. The molecule has 0 fully saturated rings. The van der Waals surface area contributed by atoms with Crippen molar-refractivity contribution in [2.45, 2.75) is 13.8 Å². The first-order valence-electron chi connectivity index (χ1n) is 7.84. The second-order valence-electron chi connectivity index (χ2n) is 5.65. The molecule has 5 nitrogen and oxygen atoms in total. The lowest BCUT2D eigenvalue weighted by Gasteiger charge is -2.13. The van der Waals surface area contributed by atoms with Crippen LogP contribution >= 0.6 is 15.9 Å². The van der Waals surface area contributed by atoms with Gasteiger partial charge in [-0.2, -0.15) is 4.98 Å². The molecule has 3 aromatic rings. The highest BCUT2D eigenvalue weighted by atomic mass is 79.9. The van der Waals surface area contributed by atoms with Crippen LogP contribution in [-0.4, -0.2) is 17.1 Å². The van der Waals surface area contributed by atoms with Gasteiger partial charge in [0.2, 0.25) is 5.95 Å². The largest absolute Gasteiger partial charge is 0.495 e. The number of halogens is 1. The van der Waals surface area contributed by atoms with Gasteiger partial charge in [-0.05, 0) is 59.6 Å². The molecule has 128 valence electrons. The molecule has 0 bridgehead atoms. The van der Waals surface area contributed by atoms with Gasteiger partial charge in [0.25, 0.3) is 0 Å². The fraction of sp³-hybridized carbons (Fsp3) is 0.158. The van der Waals surface area contributed by atoms with Crippen molar-refractivity contribution in [3.63, 3.8) is 0 Å². The molecular formula is C19H19BrN4O. The number of rotatable bonds is 5. The van der Waals surface area contributed by atoms with Gasteiger partial charge in [-0.15, -0.1) is 0 Å². The van der Waals surface area contributed by atoms with Crippen molar-refractivity contribution in [2.75, 3.05) is 17.7 Å². The molecule has 0 saturated heterocycles. The standard InChI is InChI=1S/C19H19BrN4O/c1-12-8-9-15(14(20)10-12)22-18-11-13(2)21-19(24-18)23-16-6-4-5-7-17(16)25-3/h4-11H,1-3H3,(H2,21,22,23,24). The fourth-order valence-electron chi connectivity index (χ4n) is 2.42. The van der Waals surface area contributed by atoms with E-state index in [1.807, 2.05) is 43.3 Å². The van der Waals surface area contributed by atoms with Gasteiger partial charge in [0.1, 0.15) is 11.6 Å². The molecule has 2 aromatic carbocycles. The van der Waals surface area contributed by atoms with Crippen LogP contribution < -0.4 is 15.4 Å². The smallest absolute Gasteiger partial charge is 0.229 e. The molecule has 1 aromatic heterocycles. The number of hydrogen-bond donors (Lipinski definition) is 2. The van der Waals surface area contributed by atoms with Crippen LogP contribution in [0.2, 0.25) is 0 Å². The molecule has 0 amide bonds. The molecule has 25 heavy (non-hydrogen) atoms. The van der Waals surface area contributed by atoms with Gasteiger partial charge in [-0.25, -0.2) is 4.98 Å². The number of ether oxygens (including phenoxy) is 1. The van der Waals surface area contributed by atoms with Crippen molar-refractivity contribution >= 4 is 39.1 Å². The van der Waals surface area contributed by atoms with E-state index in [2.05, 4.69) is 55.6 Å². The predicted octanol–water partition coefficient (Wildman–Crippen LogP) is 5.35. The van der Waals surface area contributed by atoms with Crippen LogP contribution in [0.5, 0.6) is 5.75 Å². The Morgan fingerprint density at radius 2 is 1.72 bits per heavy atom. The zero-order valence-electron chi connectivity index (χ0n) is 14.3. The molecule has 0 unspecified atom stereocenters. The third kappa shape index (κ3) is 4.28. The number of nitrogens with one attached hydrogen (secondary N) is 2. The van der Waals surface area contributed by atoms with Gasteiger partial charge in [-0.1, -0.05) is 18.2 Å².